The summed E-state index contributed by atoms with van der Waals surface area (Å²) in [5, 5.41) is 9.27. The topological polar surface area (TPSA) is 58.8 Å². The molecule has 0 atom stereocenters. The first kappa shape index (κ1) is 12.8. The molecule has 1 aromatic carbocycles. The van der Waals surface area contributed by atoms with E-state index in [4.69, 9.17) is 21.6 Å². The van der Waals surface area contributed by atoms with Gasteiger partial charge in [0, 0.05) is 10.2 Å². The number of nitriles is 1. The van der Waals surface area contributed by atoms with Gasteiger partial charge in [0.2, 0.25) is 0 Å². The second-order valence-electron chi connectivity index (χ2n) is 3.47. The molecular weight excluding hydrogens is 318 g/mol. The lowest BCUT2D eigenvalue weighted by atomic mass is 10.3. The molecule has 90 valence electrons. The second kappa shape index (κ2) is 5.34. The molecule has 0 bridgehead atoms. The summed E-state index contributed by atoms with van der Waals surface area (Å²) in [5.41, 5.74) is 0.909. The minimum absolute atomic E-state index is 0.103. The first-order valence-corrected chi connectivity index (χ1v) is 6.14. The zero-order chi connectivity index (χ0) is 13.1. The van der Waals surface area contributed by atoms with Crippen LogP contribution in [0.25, 0.3) is 0 Å². The molecule has 0 N–H and O–H groups in total. The number of rotatable bonds is 2. The van der Waals surface area contributed by atoms with Crippen molar-refractivity contribution >= 4 is 27.5 Å². The van der Waals surface area contributed by atoms with Crippen molar-refractivity contribution in [3.63, 3.8) is 0 Å². The van der Waals surface area contributed by atoms with Crippen molar-refractivity contribution in [1.82, 2.24) is 9.97 Å². The molecule has 0 aliphatic heterocycles. The summed E-state index contributed by atoms with van der Waals surface area (Å²) in [4.78, 5) is 8.04. The second-order valence-corrected chi connectivity index (χ2v) is 4.79. The van der Waals surface area contributed by atoms with Crippen LogP contribution in [-0.4, -0.2) is 9.97 Å². The highest BCUT2D eigenvalue weighted by Crippen LogP contribution is 2.30. The van der Waals surface area contributed by atoms with Gasteiger partial charge in [-0.2, -0.15) is 10.2 Å². The maximum atomic E-state index is 8.82. The van der Waals surface area contributed by atoms with Crippen LogP contribution in [0.15, 0.2) is 28.7 Å². The van der Waals surface area contributed by atoms with Crippen molar-refractivity contribution in [3.05, 3.63) is 45.1 Å². The highest BCUT2D eigenvalue weighted by molar-refractivity contribution is 9.10. The molecule has 6 heteroatoms. The molecule has 0 saturated carbocycles. The SMILES string of the molecule is Cc1cc(C#N)nc(Oc2cc(Br)ccc2Cl)n1. The first-order chi connectivity index (χ1) is 8.58. The Morgan fingerprint density at radius 1 is 1.33 bits per heavy atom. The van der Waals surface area contributed by atoms with E-state index in [-0.39, 0.29) is 11.7 Å². The van der Waals surface area contributed by atoms with E-state index in [1.807, 2.05) is 6.07 Å². The lowest BCUT2D eigenvalue weighted by molar-refractivity contribution is 0.439. The Morgan fingerprint density at radius 2 is 2.11 bits per heavy atom. The van der Waals surface area contributed by atoms with Crippen LogP contribution in [0.3, 0.4) is 0 Å². The van der Waals surface area contributed by atoms with Crippen LogP contribution in [-0.2, 0) is 0 Å². The van der Waals surface area contributed by atoms with E-state index in [0.717, 1.165) is 4.47 Å². The first-order valence-electron chi connectivity index (χ1n) is 4.97. The molecule has 0 aliphatic carbocycles. The van der Waals surface area contributed by atoms with Gasteiger partial charge >= 0.3 is 6.01 Å². The number of aromatic nitrogens is 2. The summed E-state index contributed by atoms with van der Waals surface area (Å²) in [5.74, 6) is 0.431. The fourth-order valence-electron chi connectivity index (χ4n) is 1.30. The largest absolute Gasteiger partial charge is 0.423 e. The van der Waals surface area contributed by atoms with Gasteiger partial charge in [0.15, 0.2) is 5.75 Å². The molecule has 1 aromatic heterocycles. The molecule has 2 aromatic rings. The highest BCUT2D eigenvalue weighted by atomic mass is 79.9. The summed E-state index contributed by atoms with van der Waals surface area (Å²) < 4.78 is 6.31. The molecule has 4 nitrogen and oxygen atoms in total. The fourth-order valence-corrected chi connectivity index (χ4v) is 1.79. The number of aryl methyl sites for hydroxylation is 1. The van der Waals surface area contributed by atoms with Gasteiger partial charge in [-0.05, 0) is 31.2 Å². The summed E-state index contributed by atoms with van der Waals surface area (Å²) in [6.07, 6.45) is 0. The Bertz CT molecular complexity index is 640. The van der Waals surface area contributed by atoms with Crippen molar-refractivity contribution < 1.29 is 4.74 Å². The van der Waals surface area contributed by atoms with E-state index in [1.165, 1.54) is 0 Å². The van der Waals surface area contributed by atoms with Gasteiger partial charge in [-0.1, -0.05) is 27.5 Å². The van der Waals surface area contributed by atoms with Crippen molar-refractivity contribution in [2.45, 2.75) is 6.92 Å². The van der Waals surface area contributed by atoms with Gasteiger partial charge in [0.25, 0.3) is 0 Å². The number of halogens is 2. The quantitative estimate of drug-likeness (QED) is 0.841. The molecule has 18 heavy (non-hydrogen) atoms. The fraction of sp³-hybridized carbons (Fsp3) is 0.0833. The minimum atomic E-state index is 0.103. The highest BCUT2D eigenvalue weighted by Gasteiger charge is 2.08. The van der Waals surface area contributed by atoms with Crippen LogP contribution in [0.4, 0.5) is 0 Å². The average Bonchev–Trinajstić information content (AvgIpc) is 2.33. The Hall–Kier alpha value is -1.64. The molecule has 0 radical (unpaired) electrons. The van der Waals surface area contributed by atoms with Crippen molar-refractivity contribution in [2.24, 2.45) is 0 Å². The van der Waals surface area contributed by atoms with E-state index in [0.29, 0.717) is 16.5 Å². The Labute approximate surface area is 117 Å². The lowest BCUT2D eigenvalue weighted by Crippen LogP contribution is -1.96. The zero-order valence-electron chi connectivity index (χ0n) is 9.32. The smallest absolute Gasteiger partial charge is 0.323 e. The summed E-state index contributed by atoms with van der Waals surface area (Å²) in [6.45, 7) is 1.76. The van der Waals surface area contributed by atoms with Gasteiger partial charge in [0.1, 0.15) is 11.8 Å². The number of benzene rings is 1. The molecule has 0 aliphatic rings. The minimum Gasteiger partial charge on any atom is -0.423 e. The maximum Gasteiger partial charge on any atom is 0.323 e. The Balaban J connectivity index is 2.37. The predicted octanol–water partition coefficient (Wildman–Crippen LogP) is 3.86. The van der Waals surface area contributed by atoms with E-state index in [2.05, 4.69) is 25.9 Å². The van der Waals surface area contributed by atoms with Crippen LogP contribution in [0.2, 0.25) is 5.02 Å². The van der Waals surface area contributed by atoms with Gasteiger partial charge in [0.05, 0.1) is 5.02 Å². The molecule has 1 heterocycles. The van der Waals surface area contributed by atoms with E-state index < -0.39 is 0 Å². The molecule has 0 fully saturated rings. The molecule has 0 saturated heterocycles. The Morgan fingerprint density at radius 3 is 2.83 bits per heavy atom. The molecule has 0 spiro atoms. The monoisotopic (exact) mass is 323 g/mol. The Kier molecular flexibility index (Phi) is 3.80. The molecule has 0 unspecified atom stereocenters. The normalized spacial score (nSPS) is 9.89. The maximum absolute atomic E-state index is 8.82. The summed E-state index contributed by atoms with van der Waals surface area (Å²) in [7, 11) is 0. The third-order valence-corrected chi connectivity index (χ3v) is 2.85. The number of ether oxygens (including phenoxy) is 1. The van der Waals surface area contributed by atoms with Crippen LogP contribution >= 0.6 is 27.5 Å². The van der Waals surface area contributed by atoms with Crippen molar-refractivity contribution in [2.75, 3.05) is 0 Å². The summed E-state index contributed by atoms with van der Waals surface area (Å²) in [6, 6.07) is 8.83. The molecular formula is C12H7BrClN3O. The van der Waals surface area contributed by atoms with Crippen LogP contribution < -0.4 is 4.74 Å². The van der Waals surface area contributed by atoms with Crippen molar-refractivity contribution in [1.29, 1.82) is 5.26 Å². The third-order valence-electron chi connectivity index (χ3n) is 2.04. The molecule has 2 rings (SSSR count). The number of hydrogen-bond donors (Lipinski definition) is 0. The van der Waals surface area contributed by atoms with Crippen LogP contribution in [0, 0.1) is 18.3 Å². The third kappa shape index (κ3) is 2.97. The standard InChI is InChI=1S/C12H7BrClN3O/c1-7-4-9(6-15)17-12(16-7)18-11-5-8(13)2-3-10(11)14/h2-5H,1H3. The van der Waals surface area contributed by atoms with E-state index in [1.54, 1.807) is 31.2 Å². The van der Waals surface area contributed by atoms with Gasteiger partial charge < -0.3 is 4.74 Å². The van der Waals surface area contributed by atoms with E-state index in [9.17, 15) is 0 Å². The lowest BCUT2D eigenvalue weighted by Gasteiger charge is -2.06. The van der Waals surface area contributed by atoms with E-state index >= 15 is 0 Å². The number of nitrogens with zero attached hydrogens (tertiary/aromatic N) is 3. The van der Waals surface area contributed by atoms with Crippen molar-refractivity contribution in [3.8, 4) is 17.8 Å². The predicted molar refractivity (Wildman–Crippen MR) is 70.7 cm³/mol. The molecule has 0 amide bonds. The average molecular weight is 325 g/mol. The van der Waals surface area contributed by atoms with Gasteiger partial charge in [-0.3, -0.25) is 0 Å². The zero-order valence-corrected chi connectivity index (χ0v) is 11.7. The van der Waals surface area contributed by atoms with Gasteiger partial charge in [-0.25, -0.2) is 4.98 Å². The van der Waals surface area contributed by atoms with Crippen LogP contribution in [0.1, 0.15) is 11.4 Å². The summed E-state index contributed by atoms with van der Waals surface area (Å²) >= 11 is 9.31. The number of hydrogen-bond acceptors (Lipinski definition) is 4. The van der Waals surface area contributed by atoms with Gasteiger partial charge in [-0.15, -0.1) is 0 Å². The van der Waals surface area contributed by atoms with Crippen LogP contribution in [0.5, 0.6) is 11.8 Å².